The molecule has 0 saturated carbocycles. The number of hydrogen-bond acceptors (Lipinski definition) is 6. The zero-order valence-electron chi connectivity index (χ0n) is 17.6. The number of fused-ring (bicyclic) bond motifs is 1. The molecule has 3 heterocycles. The highest BCUT2D eigenvalue weighted by Gasteiger charge is 2.14. The van der Waals surface area contributed by atoms with E-state index in [4.69, 9.17) is 4.98 Å². The first-order valence-electron chi connectivity index (χ1n) is 10.9. The molecule has 0 spiro atoms. The van der Waals surface area contributed by atoms with Gasteiger partial charge in [0.2, 0.25) is 5.95 Å². The molecule has 7 heteroatoms. The van der Waals surface area contributed by atoms with Gasteiger partial charge in [0.15, 0.2) is 0 Å². The van der Waals surface area contributed by atoms with E-state index in [1.54, 1.807) is 6.20 Å². The predicted octanol–water partition coefficient (Wildman–Crippen LogP) is 4.15. The topological polar surface area (TPSA) is 79.7 Å². The highest BCUT2D eigenvalue weighted by atomic mass is 15.2. The van der Waals surface area contributed by atoms with Gasteiger partial charge < -0.3 is 16.0 Å². The summed E-state index contributed by atoms with van der Waals surface area (Å²) in [6, 6.07) is 19.1. The van der Waals surface area contributed by atoms with E-state index in [1.165, 1.54) is 18.4 Å². The summed E-state index contributed by atoms with van der Waals surface area (Å²) in [5.41, 5.74) is 4.24. The molecule has 2 atom stereocenters. The maximum absolute atomic E-state index is 4.72. The number of benzene rings is 2. The van der Waals surface area contributed by atoms with E-state index in [0.29, 0.717) is 12.0 Å². The smallest absolute Gasteiger partial charge is 0.225 e. The standard InChI is InChI=1S/C24H27N7/c1-17(18-6-3-2-4-7-18)29-24-26-13-11-23(30-24)31-16-28-21-14-19(9-10-22(21)31)27-15-20-8-5-12-25-20/h2-4,6-7,9-11,13-14,16-17,20,25,27H,5,8,12,15H2,1H3,(H,26,29,30)/t17-,20?/m0/s1. The highest BCUT2D eigenvalue weighted by molar-refractivity contribution is 5.81. The summed E-state index contributed by atoms with van der Waals surface area (Å²) in [4.78, 5) is 13.7. The number of hydrogen-bond donors (Lipinski definition) is 3. The van der Waals surface area contributed by atoms with Crippen LogP contribution in [0, 0.1) is 0 Å². The van der Waals surface area contributed by atoms with Crippen molar-refractivity contribution in [2.24, 2.45) is 0 Å². The zero-order valence-corrected chi connectivity index (χ0v) is 17.6. The van der Waals surface area contributed by atoms with Crippen LogP contribution in [-0.2, 0) is 0 Å². The van der Waals surface area contributed by atoms with Crippen molar-refractivity contribution in [3.63, 3.8) is 0 Å². The molecule has 1 unspecified atom stereocenters. The van der Waals surface area contributed by atoms with E-state index in [1.807, 2.05) is 35.2 Å². The Balaban J connectivity index is 1.33. The van der Waals surface area contributed by atoms with Gasteiger partial charge in [0.25, 0.3) is 0 Å². The normalized spacial score (nSPS) is 17.0. The van der Waals surface area contributed by atoms with Crippen molar-refractivity contribution in [1.82, 2.24) is 24.8 Å². The van der Waals surface area contributed by atoms with Gasteiger partial charge in [-0.3, -0.25) is 4.57 Å². The third-order valence-corrected chi connectivity index (χ3v) is 5.80. The van der Waals surface area contributed by atoms with E-state index in [9.17, 15) is 0 Å². The van der Waals surface area contributed by atoms with Crippen LogP contribution in [0.3, 0.4) is 0 Å². The zero-order chi connectivity index (χ0) is 21.0. The Kier molecular flexibility index (Phi) is 5.50. The summed E-state index contributed by atoms with van der Waals surface area (Å²) < 4.78 is 2.00. The summed E-state index contributed by atoms with van der Waals surface area (Å²) in [5, 5.41) is 10.4. The maximum atomic E-state index is 4.72. The third-order valence-electron chi connectivity index (χ3n) is 5.80. The van der Waals surface area contributed by atoms with E-state index in [0.717, 1.165) is 35.6 Å². The van der Waals surface area contributed by atoms with Crippen LogP contribution in [0.5, 0.6) is 0 Å². The van der Waals surface area contributed by atoms with E-state index >= 15 is 0 Å². The van der Waals surface area contributed by atoms with E-state index in [2.05, 4.69) is 63.2 Å². The van der Waals surface area contributed by atoms with Gasteiger partial charge in [-0.2, -0.15) is 4.98 Å². The maximum Gasteiger partial charge on any atom is 0.225 e. The number of imidazole rings is 1. The van der Waals surface area contributed by atoms with Crippen LogP contribution in [0.2, 0.25) is 0 Å². The van der Waals surface area contributed by atoms with Crippen LogP contribution >= 0.6 is 0 Å². The van der Waals surface area contributed by atoms with Crippen molar-refractivity contribution in [3.8, 4) is 5.82 Å². The van der Waals surface area contributed by atoms with Crippen molar-refractivity contribution in [3.05, 3.63) is 72.7 Å². The number of rotatable bonds is 7. The van der Waals surface area contributed by atoms with E-state index < -0.39 is 0 Å². The van der Waals surface area contributed by atoms with Gasteiger partial charge in [0.1, 0.15) is 12.1 Å². The van der Waals surface area contributed by atoms with Crippen LogP contribution < -0.4 is 16.0 Å². The summed E-state index contributed by atoms with van der Waals surface area (Å²) in [6.45, 7) is 4.16. The number of nitrogens with one attached hydrogen (secondary N) is 3. The van der Waals surface area contributed by atoms with Gasteiger partial charge in [-0.1, -0.05) is 30.3 Å². The van der Waals surface area contributed by atoms with Crippen molar-refractivity contribution in [1.29, 1.82) is 0 Å². The summed E-state index contributed by atoms with van der Waals surface area (Å²) in [7, 11) is 0. The fourth-order valence-electron chi connectivity index (χ4n) is 4.05. The molecule has 1 aliphatic rings. The molecule has 1 fully saturated rings. The number of anilines is 2. The fourth-order valence-corrected chi connectivity index (χ4v) is 4.05. The molecule has 1 aliphatic heterocycles. The quantitative estimate of drug-likeness (QED) is 0.422. The Morgan fingerprint density at radius 3 is 2.87 bits per heavy atom. The minimum Gasteiger partial charge on any atom is -0.383 e. The second-order valence-electron chi connectivity index (χ2n) is 8.01. The molecule has 7 nitrogen and oxygen atoms in total. The van der Waals surface area contributed by atoms with Gasteiger partial charge in [0, 0.05) is 24.5 Å². The molecule has 2 aromatic heterocycles. The van der Waals surface area contributed by atoms with E-state index in [-0.39, 0.29) is 6.04 Å². The third kappa shape index (κ3) is 4.36. The minimum absolute atomic E-state index is 0.110. The Hall–Kier alpha value is -3.45. The lowest BCUT2D eigenvalue weighted by atomic mass is 10.1. The molecule has 4 aromatic rings. The van der Waals surface area contributed by atoms with Crippen LogP contribution in [0.25, 0.3) is 16.9 Å². The fraction of sp³-hybridized carbons (Fsp3) is 0.292. The SMILES string of the molecule is C[C@H](Nc1nccc(-n2cnc3cc(NCC4CCCN4)ccc32)n1)c1ccccc1. The van der Waals surface area contributed by atoms with Gasteiger partial charge >= 0.3 is 0 Å². The lowest BCUT2D eigenvalue weighted by Gasteiger charge is -2.15. The lowest BCUT2D eigenvalue weighted by molar-refractivity contribution is 0.633. The first-order valence-corrected chi connectivity index (χ1v) is 10.9. The highest BCUT2D eigenvalue weighted by Crippen LogP contribution is 2.22. The molecule has 0 radical (unpaired) electrons. The largest absolute Gasteiger partial charge is 0.383 e. The molecule has 1 saturated heterocycles. The summed E-state index contributed by atoms with van der Waals surface area (Å²) >= 11 is 0. The summed E-state index contributed by atoms with van der Waals surface area (Å²) in [5.74, 6) is 1.38. The lowest BCUT2D eigenvalue weighted by Crippen LogP contribution is -2.29. The average Bonchev–Trinajstić information content (AvgIpc) is 3.48. The predicted molar refractivity (Wildman–Crippen MR) is 125 cm³/mol. The molecule has 0 bridgehead atoms. The Bertz CT molecular complexity index is 1150. The van der Waals surface area contributed by atoms with Crippen LogP contribution in [0.4, 0.5) is 11.6 Å². The first kappa shape index (κ1) is 19.5. The molecule has 0 aliphatic carbocycles. The van der Waals surface area contributed by atoms with Gasteiger partial charge in [-0.05, 0) is 56.1 Å². The Morgan fingerprint density at radius 1 is 1.13 bits per heavy atom. The van der Waals surface area contributed by atoms with Crippen molar-refractivity contribution in [2.75, 3.05) is 23.7 Å². The molecule has 5 rings (SSSR count). The molecule has 0 amide bonds. The second-order valence-corrected chi connectivity index (χ2v) is 8.01. The molecular formula is C24H27N7. The van der Waals surface area contributed by atoms with Crippen molar-refractivity contribution >= 4 is 22.7 Å². The van der Waals surface area contributed by atoms with Crippen molar-refractivity contribution < 1.29 is 0 Å². The number of aromatic nitrogens is 4. The average molecular weight is 414 g/mol. The van der Waals surface area contributed by atoms with Crippen molar-refractivity contribution in [2.45, 2.75) is 31.8 Å². The second kappa shape index (κ2) is 8.73. The number of nitrogens with zero attached hydrogens (tertiary/aromatic N) is 4. The van der Waals surface area contributed by atoms with Gasteiger partial charge in [-0.15, -0.1) is 0 Å². The molecular weight excluding hydrogens is 386 g/mol. The van der Waals surface area contributed by atoms with Crippen LogP contribution in [0.1, 0.15) is 31.4 Å². The molecule has 2 aromatic carbocycles. The minimum atomic E-state index is 0.110. The molecule has 31 heavy (non-hydrogen) atoms. The van der Waals surface area contributed by atoms with Crippen LogP contribution in [-0.4, -0.2) is 38.7 Å². The first-order chi connectivity index (χ1) is 15.3. The molecule has 158 valence electrons. The Labute approximate surface area is 182 Å². The monoisotopic (exact) mass is 413 g/mol. The van der Waals surface area contributed by atoms with Crippen LogP contribution in [0.15, 0.2) is 67.1 Å². The summed E-state index contributed by atoms with van der Waals surface area (Å²) in [6.07, 6.45) is 6.09. The van der Waals surface area contributed by atoms with Gasteiger partial charge in [0.05, 0.1) is 17.1 Å². The molecule has 3 N–H and O–H groups in total. The Morgan fingerprint density at radius 2 is 2.03 bits per heavy atom. The van der Waals surface area contributed by atoms with Gasteiger partial charge in [-0.25, -0.2) is 9.97 Å².